The number of aromatic nitrogens is 2. The summed E-state index contributed by atoms with van der Waals surface area (Å²) in [6, 6.07) is 6.15. The van der Waals surface area contributed by atoms with E-state index in [2.05, 4.69) is 15.3 Å². The van der Waals surface area contributed by atoms with Gasteiger partial charge >= 0.3 is 0 Å². The average Bonchev–Trinajstić information content (AvgIpc) is 2.43. The monoisotopic (exact) mass is 273 g/mol. The molecule has 2 aromatic rings. The molecule has 0 saturated heterocycles. The molecule has 7 nitrogen and oxygen atoms in total. The summed E-state index contributed by atoms with van der Waals surface area (Å²) < 4.78 is 0. The Bertz CT molecular complexity index is 639. The largest absolute Gasteiger partial charge is 0.548 e. The van der Waals surface area contributed by atoms with E-state index < -0.39 is 17.9 Å². The minimum atomic E-state index is -1.31. The molecule has 104 valence electrons. The van der Waals surface area contributed by atoms with Crippen LogP contribution in [0.25, 0.3) is 10.9 Å². The molecule has 1 atom stereocenters. The van der Waals surface area contributed by atoms with Gasteiger partial charge in [-0.15, -0.1) is 0 Å². The minimum absolute atomic E-state index is 0.0377. The summed E-state index contributed by atoms with van der Waals surface area (Å²) in [7, 11) is 0. The van der Waals surface area contributed by atoms with Crippen LogP contribution in [0, 0.1) is 0 Å². The maximum atomic E-state index is 11.1. The number of anilines is 1. The van der Waals surface area contributed by atoms with Crippen LogP contribution < -0.4 is 16.2 Å². The van der Waals surface area contributed by atoms with E-state index in [0.717, 1.165) is 0 Å². The number of nitrogens with two attached hydrogens (primary N) is 1. The molecule has 0 spiro atoms. The third kappa shape index (κ3) is 3.19. The lowest BCUT2D eigenvalue weighted by Gasteiger charge is -2.20. The maximum Gasteiger partial charge on any atom is 0.217 e. The fraction of sp³-hybridized carbons (Fsp3) is 0.231. The number of carboxylic acids is 1. The van der Waals surface area contributed by atoms with E-state index in [1.807, 2.05) is 6.07 Å². The fourth-order valence-electron chi connectivity index (χ4n) is 1.82. The first kappa shape index (κ1) is 13.7. The van der Waals surface area contributed by atoms with Gasteiger partial charge in [0.25, 0.3) is 0 Å². The van der Waals surface area contributed by atoms with Crippen molar-refractivity contribution in [3.8, 4) is 0 Å². The number of carbonyl (C=O) groups is 2. The third-order valence-electron chi connectivity index (χ3n) is 2.82. The summed E-state index contributed by atoms with van der Waals surface area (Å²) in [5, 5.41) is 14.5. The van der Waals surface area contributed by atoms with E-state index in [4.69, 9.17) is 5.73 Å². The third-order valence-corrected chi connectivity index (χ3v) is 2.82. The number of amides is 1. The summed E-state index contributed by atoms with van der Waals surface area (Å²) >= 11 is 0. The van der Waals surface area contributed by atoms with Crippen molar-refractivity contribution in [2.75, 3.05) is 5.32 Å². The molecular formula is C13H13N4O3-. The standard InChI is InChI=1S/C13H14N4O3/c14-11(18)6-5-10(13(19)20)17-12-8-3-1-2-4-9(8)15-7-16-12/h1-4,7,10H,5-6H2,(H2,14,18)(H,19,20)(H,15,16,17)/p-1/t10-/m1/s1. The Hall–Kier alpha value is -2.70. The minimum Gasteiger partial charge on any atom is -0.548 e. The summed E-state index contributed by atoms with van der Waals surface area (Å²) in [6.45, 7) is 0. The van der Waals surface area contributed by atoms with Crippen molar-refractivity contribution >= 4 is 28.6 Å². The molecule has 0 aliphatic heterocycles. The van der Waals surface area contributed by atoms with Crippen LogP contribution in [0.5, 0.6) is 0 Å². The van der Waals surface area contributed by atoms with Gasteiger partial charge in [-0.1, -0.05) is 12.1 Å². The van der Waals surface area contributed by atoms with Crippen molar-refractivity contribution in [3.63, 3.8) is 0 Å². The van der Waals surface area contributed by atoms with Crippen LogP contribution >= 0.6 is 0 Å². The smallest absolute Gasteiger partial charge is 0.217 e. The van der Waals surface area contributed by atoms with Crippen LogP contribution in [0.2, 0.25) is 0 Å². The number of fused-ring (bicyclic) bond motifs is 1. The zero-order chi connectivity index (χ0) is 14.5. The lowest BCUT2D eigenvalue weighted by molar-refractivity contribution is -0.306. The first-order valence-corrected chi connectivity index (χ1v) is 6.03. The number of hydrogen-bond donors (Lipinski definition) is 2. The van der Waals surface area contributed by atoms with Crippen LogP contribution in [-0.2, 0) is 9.59 Å². The number of carboxylic acid groups (broad SMARTS) is 1. The van der Waals surface area contributed by atoms with Gasteiger partial charge in [0.05, 0.1) is 17.5 Å². The second kappa shape index (κ2) is 5.96. The van der Waals surface area contributed by atoms with Crippen LogP contribution in [-0.4, -0.2) is 27.9 Å². The second-order valence-corrected chi connectivity index (χ2v) is 4.26. The number of nitrogens with zero attached hydrogens (tertiary/aromatic N) is 2. The van der Waals surface area contributed by atoms with E-state index >= 15 is 0 Å². The highest BCUT2D eigenvalue weighted by Crippen LogP contribution is 2.19. The molecule has 1 aromatic heterocycles. The summed E-state index contributed by atoms with van der Waals surface area (Å²) in [5.74, 6) is -1.49. The SMILES string of the molecule is NC(=O)CC[C@@H](Nc1ncnc2ccccc12)C(=O)[O-]. The highest BCUT2D eigenvalue weighted by Gasteiger charge is 2.13. The molecule has 0 unspecified atom stereocenters. The molecule has 20 heavy (non-hydrogen) atoms. The molecule has 0 radical (unpaired) electrons. The van der Waals surface area contributed by atoms with Crippen LogP contribution in [0.15, 0.2) is 30.6 Å². The molecule has 0 aliphatic rings. The van der Waals surface area contributed by atoms with E-state index in [1.165, 1.54) is 6.33 Å². The van der Waals surface area contributed by atoms with Gasteiger partial charge in [0, 0.05) is 11.8 Å². The number of rotatable bonds is 6. The number of benzene rings is 1. The highest BCUT2D eigenvalue weighted by atomic mass is 16.4. The molecule has 1 heterocycles. The highest BCUT2D eigenvalue weighted by molar-refractivity contribution is 5.90. The van der Waals surface area contributed by atoms with Crippen molar-refractivity contribution in [1.82, 2.24) is 9.97 Å². The normalized spacial score (nSPS) is 12.0. The topological polar surface area (TPSA) is 121 Å². The Morgan fingerprint density at radius 3 is 2.75 bits per heavy atom. The van der Waals surface area contributed by atoms with E-state index in [0.29, 0.717) is 16.7 Å². The Labute approximate surface area is 114 Å². The molecule has 2 rings (SSSR count). The zero-order valence-electron chi connectivity index (χ0n) is 10.6. The number of hydrogen-bond acceptors (Lipinski definition) is 6. The first-order valence-electron chi connectivity index (χ1n) is 6.03. The van der Waals surface area contributed by atoms with Gasteiger partial charge in [0.2, 0.25) is 5.91 Å². The van der Waals surface area contributed by atoms with Crippen LogP contribution in [0.1, 0.15) is 12.8 Å². The van der Waals surface area contributed by atoms with Crippen molar-refractivity contribution in [3.05, 3.63) is 30.6 Å². The Kier molecular flexibility index (Phi) is 4.09. The Balaban J connectivity index is 2.24. The van der Waals surface area contributed by atoms with Crippen molar-refractivity contribution < 1.29 is 14.7 Å². The van der Waals surface area contributed by atoms with Crippen molar-refractivity contribution in [2.45, 2.75) is 18.9 Å². The summed E-state index contributed by atoms with van der Waals surface area (Å²) in [5.41, 5.74) is 5.71. The van der Waals surface area contributed by atoms with E-state index in [1.54, 1.807) is 18.2 Å². The van der Waals surface area contributed by atoms with Gasteiger partial charge in [-0.05, 0) is 18.6 Å². The number of primary amides is 1. The maximum absolute atomic E-state index is 11.1. The van der Waals surface area contributed by atoms with Crippen molar-refractivity contribution in [2.24, 2.45) is 5.73 Å². The van der Waals surface area contributed by atoms with Crippen molar-refractivity contribution in [1.29, 1.82) is 0 Å². The van der Waals surface area contributed by atoms with E-state index in [-0.39, 0.29) is 12.8 Å². The number of nitrogens with one attached hydrogen (secondary N) is 1. The molecule has 1 amide bonds. The molecule has 0 saturated carbocycles. The molecule has 7 heteroatoms. The number of carbonyl (C=O) groups excluding carboxylic acids is 2. The molecular weight excluding hydrogens is 260 g/mol. The molecule has 0 fully saturated rings. The number of para-hydroxylation sites is 1. The van der Waals surface area contributed by atoms with Crippen LogP contribution in [0.3, 0.4) is 0 Å². The number of aliphatic carboxylic acids is 1. The zero-order valence-corrected chi connectivity index (χ0v) is 10.6. The fourth-order valence-corrected chi connectivity index (χ4v) is 1.82. The molecule has 3 N–H and O–H groups in total. The molecule has 0 bridgehead atoms. The second-order valence-electron chi connectivity index (χ2n) is 4.26. The molecule has 0 aliphatic carbocycles. The quantitative estimate of drug-likeness (QED) is 0.726. The lowest BCUT2D eigenvalue weighted by atomic mass is 10.1. The average molecular weight is 273 g/mol. The van der Waals surface area contributed by atoms with Gasteiger partial charge < -0.3 is 21.0 Å². The summed E-state index contributed by atoms with van der Waals surface area (Å²) in [6.07, 6.45) is 1.33. The van der Waals surface area contributed by atoms with Crippen LogP contribution in [0.4, 0.5) is 5.82 Å². The Morgan fingerprint density at radius 1 is 1.30 bits per heavy atom. The molecule has 1 aromatic carbocycles. The van der Waals surface area contributed by atoms with Gasteiger partial charge in [-0.2, -0.15) is 0 Å². The van der Waals surface area contributed by atoms with Gasteiger partial charge in [-0.3, -0.25) is 4.79 Å². The van der Waals surface area contributed by atoms with Gasteiger partial charge in [0.1, 0.15) is 12.1 Å². The predicted octanol–water partition coefficient (Wildman–Crippen LogP) is -0.574. The summed E-state index contributed by atoms with van der Waals surface area (Å²) in [4.78, 5) is 29.9. The Morgan fingerprint density at radius 2 is 2.05 bits per heavy atom. The first-order chi connectivity index (χ1) is 9.58. The van der Waals surface area contributed by atoms with Gasteiger partial charge in [-0.25, -0.2) is 9.97 Å². The lowest BCUT2D eigenvalue weighted by Crippen LogP contribution is -2.41. The van der Waals surface area contributed by atoms with Gasteiger partial charge in [0.15, 0.2) is 0 Å². The van der Waals surface area contributed by atoms with E-state index in [9.17, 15) is 14.7 Å². The predicted molar refractivity (Wildman–Crippen MR) is 70.4 cm³/mol.